The Kier molecular flexibility index (Phi) is 5.38. The van der Waals surface area contributed by atoms with Crippen LogP contribution in [-0.2, 0) is 6.18 Å². The first-order valence-electron chi connectivity index (χ1n) is 6.47. The molecule has 114 valence electrons. The second-order valence-corrected chi connectivity index (χ2v) is 5.33. The van der Waals surface area contributed by atoms with Crippen molar-refractivity contribution in [1.29, 1.82) is 0 Å². The quantitative estimate of drug-likeness (QED) is 0.762. The number of hydrogen-bond acceptors (Lipinski definition) is 5. The molecule has 0 fully saturated rings. The first-order chi connectivity index (χ1) is 10.1. The fourth-order valence-electron chi connectivity index (χ4n) is 1.62. The van der Waals surface area contributed by atoms with E-state index in [4.69, 9.17) is 0 Å². The van der Waals surface area contributed by atoms with E-state index in [2.05, 4.69) is 20.6 Å². The molecule has 0 saturated carbocycles. The standard InChI is InChI=1S/C13H15F3N4S/c14-13(15,16)10-9-20-12(21-10)19-8-4-3-7-18-11-5-1-2-6-17-11/h1-2,5-6,9H,3-4,7-8H2,(H,17,18)(H,19,20). The summed E-state index contributed by atoms with van der Waals surface area (Å²) in [6.07, 6.45) is -0.0216. The van der Waals surface area contributed by atoms with Crippen LogP contribution in [0.4, 0.5) is 24.1 Å². The SMILES string of the molecule is FC(F)(F)c1cnc(NCCCCNc2ccccn2)s1. The lowest BCUT2D eigenvalue weighted by atomic mass is 10.3. The summed E-state index contributed by atoms with van der Waals surface area (Å²) in [5.41, 5.74) is 0. The third-order valence-electron chi connectivity index (χ3n) is 2.64. The van der Waals surface area contributed by atoms with Gasteiger partial charge < -0.3 is 10.6 Å². The number of aromatic nitrogens is 2. The van der Waals surface area contributed by atoms with Crippen molar-refractivity contribution in [2.45, 2.75) is 19.0 Å². The van der Waals surface area contributed by atoms with Crippen LogP contribution in [0.25, 0.3) is 0 Å². The summed E-state index contributed by atoms with van der Waals surface area (Å²) in [5, 5.41) is 6.37. The summed E-state index contributed by atoms with van der Waals surface area (Å²) in [6.45, 7) is 1.36. The normalized spacial score (nSPS) is 11.4. The molecule has 2 rings (SSSR count). The van der Waals surface area contributed by atoms with Crippen molar-refractivity contribution in [1.82, 2.24) is 9.97 Å². The molecule has 0 amide bonds. The lowest BCUT2D eigenvalue weighted by Crippen LogP contribution is -2.06. The van der Waals surface area contributed by atoms with Gasteiger partial charge in [0.25, 0.3) is 0 Å². The fraction of sp³-hybridized carbons (Fsp3) is 0.385. The molecule has 4 nitrogen and oxygen atoms in total. The zero-order chi connectivity index (χ0) is 15.1. The Morgan fingerprint density at radius 3 is 2.43 bits per heavy atom. The zero-order valence-corrected chi connectivity index (χ0v) is 12.0. The fourth-order valence-corrected chi connectivity index (χ4v) is 2.33. The van der Waals surface area contributed by atoms with Gasteiger partial charge in [-0.2, -0.15) is 13.2 Å². The van der Waals surface area contributed by atoms with Crippen LogP contribution in [0.3, 0.4) is 0 Å². The Labute approximate surface area is 124 Å². The monoisotopic (exact) mass is 316 g/mol. The summed E-state index contributed by atoms with van der Waals surface area (Å²) in [5.74, 6) is 0.820. The number of pyridine rings is 1. The van der Waals surface area contributed by atoms with Gasteiger partial charge in [-0.05, 0) is 25.0 Å². The Morgan fingerprint density at radius 2 is 1.81 bits per heavy atom. The minimum absolute atomic E-state index is 0.306. The molecule has 2 heterocycles. The Morgan fingerprint density at radius 1 is 1.05 bits per heavy atom. The molecule has 21 heavy (non-hydrogen) atoms. The molecule has 0 atom stereocenters. The number of anilines is 2. The molecule has 0 aliphatic rings. The van der Waals surface area contributed by atoms with E-state index >= 15 is 0 Å². The molecule has 0 spiro atoms. The predicted octanol–water partition coefficient (Wildman–Crippen LogP) is 3.86. The molecule has 0 aliphatic heterocycles. The average Bonchev–Trinajstić information content (AvgIpc) is 2.93. The van der Waals surface area contributed by atoms with Gasteiger partial charge in [-0.15, -0.1) is 0 Å². The van der Waals surface area contributed by atoms with E-state index in [-0.39, 0.29) is 0 Å². The van der Waals surface area contributed by atoms with Crippen LogP contribution in [0.5, 0.6) is 0 Å². The molecule has 0 bridgehead atoms. The van der Waals surface area contributed by atoms with Crippen LogP contribution in [0, 0.1) is 0 Å². The van der Waals surface area contributed by atoms with Gasteiger partial charge in [0.2, 0.25) is 0 Å². The summed E-state index contributed by atoms with van der Waals surface area (Å²) in [4.78, 5) is 7.16. The van der Waals surface area contributed by atoms with Crippen molar-refractivity contribution < 1.29 is 13.2 Å². The van der Waals surface area contributed by atoms with Gasteiger partial charge in [0.1, 0.15) is 10.7 Å². The topological polar surface area (TPSA) is 49.8 Å². The van der Waals surface area contributed by atoms with Gasteiger partial charge in [0.05, 0.1) is 6.20 Å². The smallest absolute Gasteiger partial charge is 0.370 e. The summed E-state index contributed by atoms with van der Waals surface area (Å²) in [7, 11) is 0. The molecular formula is C13H15F3N4S. The van der Waals surface area contributed by atoms with E-state index in [9.17, 15) is 13.2 Å². The van der Waals surface area contributed by atoms with Crippen LogP contribution >= 0.6 is 11.3 Å². The van der Waals surface area contributed by atoms with Crippen LogP contribution in [0.15, 0.2) is 30.6 Å². The highest BCUT2D eigenvalue weighted by atomic mass is 32.1. The number of nitrogens with zero attached hydrogens (tertiary/aromatic N) is 2. The minimum atomic E-state index is -4.32. The first kappa shape index (κ1) is 15.6. The number of alkyl halides is 3. The number of nitrogens with one attached hydrogen (secondary N) is 2. The van der Waals surface area contributed by atoms with Crippen molar-refractivity contribution in [2.24, 2.45) is 0 Å². The number of thiazole rings is 1. The van der Waals surface area contributed by atoms with Crippen LogP contribution in [0.1, 0.15) is 17.7 Å². The van der Waals surface area contributed by atoms with E-state index in [1.165, 1.54) is 0 Å². The first-order valence-corrected chi connectivity index (χ1v) is 7.29. The van der Waals surface area contributed by atoms with Gasteiger partial charge in [-0.1, -0.05) is 17.4 Å². The maximum Gasteiger partial charge on any atom is 0.427 e. The molecule has 0 unspecified atom stereocenters. The molecule has 2 N–H and O–H groups in total. The summed E-state index contributed by atoms with van der Waals surface area (Å²) >= 11 is 0.628. The second-order valence-electron chi connectivity index (χ2n) is 4.30. The van der Waals surface area contributed by atoms with E-state index in [0.29, 0.717) is 23.0 Å². The van der Waals surface area contributed by atoms with E-state index in [0.717, 1.165) is 31.4 Å². The largest absolute Gasteiger partial charge is 0.427 e. The van der Waals surface area contributed by atoms with Gasteiger partial charge in [-0.3, -0.25) is 0 Å². The third-order valence-corrected chi connectivity index (χ3v) is 3.64. The number of rotatable bonds is 7. The molecule has 2 aromatic rings. The highest BCUT2D eigenvalue weighted by Gasteiger charge is 2.33. The van der Waals surface area contributed by atoms with Crippen molar-refractivity contribution in [3.63, 3.8) is 0 Å². The molecule has 0 saturated heterocycles. The van der Waals surface area contributed by atoms with Crippen molar-refractivity contribution >= 4 is 22.3 Å². The average molecular weight is 316 g/mol. The van der Waals surface area contributed by atoms with Gasteiger partial charge in [0.15, 0.2) is 5.13 Å². The summed E-state index contributed by atoms with van der Waals surface area (Å²) < 4.78 is 37.1. The highest BCUT2D eigenvalue weighted by molar-refractivity contribution is 7.15. The second kappa shape index (κ2) is 7.26. The van der Waals surface area contributed by atoms with E-state index in [1.54, 1.807) is 6.20 Å². The Hall–Kier alpha value is -1.83. The van der Waals surface area contributed by atoms with Crippen LogP contribution < -0.4 is 10.6 Å². The van der Waals surface area contributed by atoms with E-state index < -0.39 is 11.1 Å². The molecule has 0 aliphatic carbocycles. The number of unbranched alkanes of at least 4 members (excludes halogenated alkanes) is 1. The Balaban J connectivity index is 1.61. The zero-order valence-electron chi connectivity index (χ0n) is 11.2. The van der Waals surface area contributed by atoms with Crippen molar-refractivity contribution in [3.05, 3.63) is 35.5 Å². The van der Waals surface area contributed by atoms with E-state index in [1.807, 2.05) is 18.2 Å². The van der Waals surface area contributed by atoms with Gasteiger partial charge in [0, 0.05) is 19.3 Å². The van der Waals surface area contributed by atoms with Gasteiger partial charge >= 0.3 is 6.18 Å². The number of hydrogen-bond donors (Lipinski definition) is 2. The summed E-state index contributed by atoms with van der Waals surface area (Å²) in [6, 6.07) is 5.63. The van der Waals surface area contributed by atoms with Crippen molar-refractivity contribution in [3.8, 4) is 0 Å². The van der Waals surface area contributed by atoms with Crippen LogP contribution in [0.2, 0.25) is 0 Å². The minimum Gasteiger partial charge on any atom is -0.370 e. The lowest BCUT2D eigenvalue weighted by molar-refractivity contribution is -0.134. The van der Waals surface area contributed by atoms with Crippen LogP contribution in [-0.4, -0.2) is 23.1 Å². The predicted molar refractivity (Wildman–Crippen MR) is 77.6 cm³/mol. The molecule has 2 aromatic heterocycles. The van der Waals surface area contributed by atoms with Crippen molar-refractivity contribution in [2.75, 3.05) is 23.7 Å². The molecule has 8 heteroatoms. The maximum absolute atomic E-state index is 12.4. The lowest BCUT2D eigenvalue weighted by Gasteiger charge is -2.05. The Bertz CT molecular complexity index is 542. The van der Waals surface area contributed by atoms with Gasteiger partial charge in [-0.25, -0.2) is 9.97 Å². The molecule has 0 aromatic carbocycles. The molecule has 0 radical (unpaired) electrons. The maximum atomic E-state index is 12.4. The number of halogens is 3. The molecular weight excluding hydrogens is 301 g/mol. The highest BCUT2D eigenvalue weighted by Crippen LogP contribution is 2.34. The third kappa shape index (κ3) is 5.22.